The molecule has 0 bridgehead atoms. The maximum Gasteiger partial charge on any atom is 0.573 e. The van der Waals surface area contributed by atoms with Crippen LogP contribution in [0.1, 0.15) is 17.2 Å². The Bertz CT molecular complexity index is 790. The van der Waals surface area contributed by atoms with E-state index >= 15 is 0 Å². The Morgan fingerprint density at radius 1 is 0.926 bits per heavy atom. The number of ether oxygens (including phenoxy) is 1. The van der Waals surface area contributed by atoms with E-state index in [-0.39, 0.29) is 5.75 Å². The fourth-order valence-electron chi connectivity index (χ4n) is 3.18. The van der Waals surface area contributed by atoms with Gasteiger partial charge < -0.3 is 25.4 Å². The van der Waals surface area contributed by atoms with Crippen LogP contribution in [0.2, 0.25) is 0 Å². The first-order chi connectivity index (χ1) is 12.8. The monoisotopic (exact) mass is 384 g/mol. The summed E-state index contributed by atoms with van der Waals surface area (Å²) in [7, 11) is 0. The average Bonchev–Trinajstić information content (AvgIpc) is 2.63. The van der Waals surface area contributed by atoms with Crippen LogP contribution in [-0.4, -0.2) is 52.8 Å². The summed E-state index contributed by atoms with van der Waals surface area (Å²) in [5, 5.41) is 33.0. The number of hydrogen-bond donors (Lipinski definition) is 4. The summed E-state index contributed by atoms with van der Waals surface area (Å²) in [4.78, 5) is 2.03. The van der Waals surface area contributed by atoms with Crippen molar-refractivity contribution in [1.29, 1.82) is 0 Å². The Morgan fingerprint density at radius 3 is 2.15 bits per heavy atom. The van der Waals surface area contributed by atoms with Gasteiger partial charge in [-0.3, -0.25) is 4.90 Å². The van der Waals surface area contributed by atoms with Gasteiger partial charge in [0.15, 0.2) is 11.5 Å². The molecule has 4 N–H and O–H groups in total. The number of benzene rings is 2. The lowest BCUT2D eigenvalue weighted by Gasteiger charge is -2.36. The number of aromatic hydroxyl groups is 3. The fraction of sp³-hybridized carbons (Fsp3) is 0.333. The molecular formula is C18H19F3N2O4. The summed E-state index contributed by atoms with van der Waals surface area (Å²) in [5.41, 5.74) is 0.962. The molecule has 0 amide bonds. The quantitative estimate of drug-likeness (QED) is 0.607. The number of phenols is 3. The maximum atomic E-state index is 12.4. The van der Waals surface area contributed by atoms with Gasteiger partial charge in [0.1, 0.15) is 5.75 Å². The second-order valence-electron chi connectivity index (χ2n) is 6.18. The number of rotatable bonds is 4. The number of halogens is 3. The highest BCUT2D eigenvalue weighted by molar-refractivity contribution is 5.56. The van der Waals surface area contributed by atoms with Gasteiger partial charge in [-0.1, -0.05) is 12.1 Å². The van der Waals surface area contributed by atoms with Crippen LogP contribution in [0.3, 0.4) is 0 Å². The first-order valence-corrected chi connectivity index (χ1v) is 8.30. The third-order valence-corrected chi connectivity index (χ3v) is 4.40. The van der Waals surface area contributed by atoms with Crippen molar-refractivity contribution in [3.63, 3.8) is 0 Å². The molecule has 27 heavy (non-hydrogen) atoms. The second-order valence-corrected chi connectivity index (χ2v) is 6.18. The Hall–Kier alpha value is -2.65. The van der Waals surface area contributed by atoms with Gasteiger partial charge in [-0.15, -0.1) is 13.2 Å². The molecule has 9 heteroatoms. The van der Waals surface area contributed by atoms with Gasteiger partial charge in [0.25, 0.3) is 0 Å². The van der Waals surface area contributed by atoms with Crippen LogP contribution in [0, 0.1) is 0 Å². The third kappa shape index (κ3) is 4.37. The SMILES string of the molecule is Oc1ccc([C@H](c2ccc(OC(F)(F)F)cc2)N2CCNCC2)c(O)c1O. The van der Waals surface area contributed by atoms with Crippen molar-refractivity contribution >= 4 is 0 Å². The van der Waals surface area contributed by atoms with Crippen molar-refractivity contribution in [3.05, 3.63) is 47.5 Å². The minimum absolute atomic E-state index is 0.344. The molecule has 1 saturated heterocycles. The topological polar surface area (TPSA) is 85.2 Å². The van der Waals surface area contributed by atoms with Crippen LogP contribution >= 0.6 is 0 Å². The number of hydrogen-bond acceptors (Lipinski definition) is 6. The zero-order chi connectivity index (χ0) is 19.6. The van der Waals surface area contributed by atoms with Crippen LogP contribution in [0.5, 0.6) is 23.0 Å². The highest BCUT2D eigenvalue weighted by Crippen LogP contribution is 2.43. The third-order valence-electron chi connectivity index (χ3n) is 4.40. The molecule has 3 rings (SSSR count). The van der Waals surface area contributed by atoms with Crippen LogP contribution in [0.15, 0.2) is 36.4 Å². The standard InChI is InChI=1S/C18H19F3N2O4/c19-18(20,21)27-12-3-1-11(2-4-12)15(23-9-7-22-8-10-23)13-5-6-14(24)17(26)16(13)25/h1-6,15,22,24-26H,7-10H2/t15-/m0/s1. The van der Waals surface area contributed by atoms with Crippen molar-refractivity contribution in [2.75, 3.05) is 26.2 Å². The molecule has 146 valence electrons. The number of nitrogens with one attached hydrogen (secondary N) is 1. The van der Waals surface area contributed by atoms with Crippen molar-refractivity contribution in [1.82, 2.24) is 10.2 Å². The lowest BCUT2D eigenvalue weighted by Crippen LogP contribution is -2.45. The highest BCUT2D eigenvalue weighted by atomic mass is 19.4. The van der Waals surface area contributed by atoms with Gasteiger partial charge in [-0.2, -0.15) is 0 Å². The van der Waals surface area contributed by atoms with E-state index < -0.39 is 29.7 Å². The summed E-state index contributed by atoms with van der Waals surface area (Å²) >= 11 is 0. The van der Waals surface area contributed by atoms with Crippen molar-refractivity contribution in [2.45, 2.75) is 12.4 Å². The molecular weight excluding hydrogens is 365 g/mol. The van der Waals surface area contributed by atoms with E-state index in [1.165, 1.54) is 36.4 Å². The molecule has 0 saturated carbocycles. The van der Waals surface area contributed by atoms with Gasteiger partial charge in [0.05, 0.1) is 6.04 Å². The zero-order valence-corrected chi connectivity index (χ0v) is 14.2. The van der Waals surface area contributed by atoms with Crippen LogP contribution in [-0.2, 0) is 0 Å². The van der Waals surface area contributed by atoms with Gasteiger partial charge in [0, 0.05) is 31.7 Å². The molecule has 0 unspecified atom stereocenters. The number of phenolic OH excluding ortho intramolecular Hbond substituents is 3. The summed E-state index contributed by atoms with van der Waals surface area (Å²) in [6, 6.07) is 7.61. The van der Waals surface area contributed by atoms with Crippen LogP contribution in [0.25, 0.3) is 0 Å². The first-order valence-electron chi connectivity index (χ1n) is 8.30. The zero-order valence-electron chi connectivity index (χ0n) is 14.2. The molecule has 1 heterocycles. The molecule has 2 aromatic carbocycles. The molecule has 0 radical (unpaired) electrons. The predicted molar refractivity (Wildman–Crippen MR) is 90.8 cm³/mol. The number of alkyl halides is 3. The van der Waals surface area contributed by atoms with E-state index in [1.807, 2.05) is 4.90 Å². The van der Waals surface area contributed by atoms with Crippen molar-refractivity contribution in [3.8, 4) is 23.0 Å². The molecule has 0 aromatic heterocycles. The Morgan fingerprint density at radius 2 is 1.56 bits per heavy atom. The summed E-state index contributed by atoms with van der Waals surface area (Å²) in [6.07, 6.45) is -4.78. The molecule has 1 fully saturated rings. The number of nitrogens with zero attached hydrogens (tertiary/aromatic N) is 1. The summed E-state index contributed by atoms with van der Waals surface area (Å²) in [5.74, 6) is -1.90. The smallest absolute Gasteiger partial charge is 0.504 e. The summed E-state index contributed by atoms with van der Waals surface area (Å²) in [6.45, 7) is 2.67. The maximum absolute atomic E-state index is 12.4. The molecule has 1 aliphatic heterocycles. The average molecular weight is 384 g/mol. The van der Waals surface area contributed by atoms with E-state index in [2.05, 4.69) is 10.1 Å². The lowest BCUT2D eigenvalue weighted by molar-refractivity contribution is -0.274. The minimum atomic E-state index is -4.78. The fourth-order valence-corrected chi connectivity index (χ4v) is 3.18. The molecule has 6 nitrogen and oxygen atoms in total. The predicted octanol–water partition coefficient (Wildman–Crippen LogP) is 2.70. The largest absolute Gasteiger partial charge is 0.573 e. The van der Waals surface area contributed by atoms with Gasteiger partial charge >= 0.3 is 6.36 Å². The van der Waals surface area contributed by atoms with Gasteiger partial charge in [-0.25, -0.2) is 0 Å². The lowest BCUT2D eigenvalue weighted by atomic mass is 9.95. The minimum Gasteiger partial charge on any atom is -0.504 e. The van der Waals surface area contributed by atoms with Gasteiger partial charge in [-0.05, 0) is 29.8 Å². The Kier molecular flexibility index (Phi) is 5.33. The van der Waals surface area contributed by atoms with E-state index in [0.29, 0.717) is 37.3 Å². The molecule has 0 spiro atoms. The van der Waals surface area contributed by atoms with Crippen LogP contribution < -0.4 is 10.1 Å². The van der Waals surface area contributed by atoms with Crippen LogP contribution in [0.4, 0.5) is 13.2 Å². The summed E-state index contributed by atoms with van der Waals surface area (Å²) < 4.78 is 41.0. The van der Waals surface area contributed by atoms with E-state index in [9.17, 15) is 28.5 Å². The first kappa shape index (κ1) is 19.1. The normalized spacial score (nSPS) is 16.9. The second kappa shape index (κ2) is 7.53. The van der Waals surface area contributed by atoms with E-state index in [1.54, 1.807) is 0 Å². The van der Waals surface area contributed by atoms with Gasteiger partial charge in [0.2, 0.25) is 5.75 Å². The number of piperazine rings is 1. The highest BCUT2D eigenvalue weighted by Gasteiger charge is 2.32. The Labute approximate surface area is 153 Å². The molecule has 2 aromatic rings. The Balaban J connectivity index is 1.99. The van der Waals surface area contributed by atoms with Crippen molar-refractivity contribution in [2.24, 2.45) is 0 Å². The molecule has 1 aliphatic rings. The molecule has 0 aliphatic carbocycles. The van der Waals surface area contributed by atoms with Crippen molar-refractivity contribution < 1.29 is 33.2 Å². The van der Waals surface area contributed by atoms with E-state index in [0.717, 1.165) is 0 Å². The van der Waals surface area contributed by atoms with E-state index in [4.69, 9.17) is 0 Å². The molecule has 1 atom stereocenters.